The number of nitrogens with one attached hydrogen (secondary N) is 2. The van der Waals surface area contributed by atoms with Gasteiger partial charge in [0.1, 0.15) is 11.4 Å². The molecule has 6 nitrogen and oxygen atoms in total. The number of aliphatic hydroxyl groups is 1. The van der Waals surface area contributed by atoms with Crippen molar-refractivity contribution in [3.8, 4) is 5.75 Å². The van der Waals surface area contributed by atoms with E-state index in [1.165, 1.54) is 0 Å². The van der Waals surface area contributed by atoms with Crippen molar-refractivity contribution in [1.29, 1.82) is 0 Å². The van der Waals surface area contributed by atoms with Crippen LogP contribution in [-0.4, -0.2) is 40.0 Å². The van der Waals surface area contributed by atoms with E-state index in [1.807, 2.05) is 48.5 Å². The first-order valence-corrected chi connectivity index (χ1v) is 8.99. The standard InChI is InChI=1S/C21H24N2O4/c1-14(22-10-9-20(24)27-17-5-3-2-4-6-17)11-15-7-8-18-16(12-15)13-19(23-18)21(25)26/h2-8,12-14,20,22-24H,9-11H2,1H3,(H,25,26). The molecule has 0 fully saturated rings. The zero-order chi connectivity index (χ0) is 19.2. The molecule has 2 aromatic carbocycles. The van der Waals surface area contributed by atoms with E-state index in [4.69, 9.17) is 9.84 Å². The molecule has 0 bridgehead atoms. The first kappa shape index (κ1) is 18.9. The molecule has 2 atom stereocenters. The number of hydrogen-bond donors (Lipinski definition) is 4. The molecule has 27 heavy (non-hydrogen) atoms. The molecule has 1 heterocycles. The number of aromatic nitrogens is 1. The molecule has 0 amide bonds. The monoisotopic (exact) mass is 368 g/mol. The number of para-hydroxylation sites is 1. The highest BCUT2D eigenvalue weighted by Gasteiger charge is 2.10. The third-order valence-electron chi connectivity index (χ3n) is 4.36. The van der Waals surface area contributed by atoms with Crippen LogP contribution in [0.5, 0.6) is 5.75 Å². The largest absolute Gasteiger partial charge is 0.477 e. The summed E-state index contributed by atoms with van der Waals surface area (Å²) in [7, 11) is 0. The zero-order valence-electron chi connectivity index (χ0n) is 15.2. The molecular formula is C21H24N2O4. The van der Waals surface area contributed by atoms with Gasteiger partial charge in [0.25, 0.3) is 0 Å². The Morgan fingerprint density at radius 1 is 1.19 bits per heavy atom. The maximum absolute atomic E-state index is 11.0. The molecular weight excluding hydrogens is 344 g/mol. The fraction of sp³-hybridized carbons (Fsp3) is 0.286. The number of carbonyl (C=O) groups is 1. The molecule has 0 saturated carbocycles. The van der Waals surface area contributed by atoms with Crippen LogP contribution in [0.15, 0.2) is 54.6 Å². The van der Waals surface area contributed by atoms with Crippen LogP contribution in [0.1, 0.15) is 29.4 Å². The fourth-order valence-electron chi connectivity index (χ4n) is 3.02. The van der Waals surface area contributed by atoms with Crippen molar-refractivity contribution in [2.45, 2.75) is 32.1 Å². The summed E-state index contributed by atoms with van der Waals surface area (Å²) in [5.41, 5.74) is 2.14. The summed E-state index contributed by atoms with van der Waals surface area (Å²) in [6, 6.07) is 17.0. The van der Waals surface area contributed by atoms with E-state index in [0.717, 1.165) is 22.9 Å². The Labute approximate surface area is 157 Å². The summed E-state index contributed by atoms with van der Waals surface area (Å²) in [5, 5.41) is 23.3. The van der Waals surface area contributed by atoms with Gasteiger partial charge in [-0.3, -0.25) is 0 Å². The molecule has 142 valence electrons. The number of aromatic amines is 1. The second kappa shape index (κ2) is 8.70. The van der Waals surface area contributed by atoms with Crippen molar-refractivity contribution in [2.75, 3.05) is 6.54 Å². The lowest BCUT2D eigenvalue weighted by molar-refractivity contribution is -0.0226. The molecule has 6 heteroatoms. The van der Waals surface area contributed by atoms with Gasteiger partial charge in [-0.1, -0.05) is 24.3 Å². The summed E-state index contributed by atoms with van der Waals surface area (Å²) in [5.74, 6) is -0.308. The molecule has 0 saturated heterocycles. The first-order valence-electron chi connectivity index (χ1n) is 8.99. The van der Waals surface area contributed by atoms with Gasteiger partial charge >= 0.3 is 5.97 Å². The van der Waals surface area contributed by atoms with Gasteiger partial charge < -0.3 is 25.3 Å². The second-order valence-electron chi connectivity index (χ2n) is 6.64. The van der Waals surface area contributed by atoms with Gasteiger partial charge in [-0.25, -0.2) is 4.79 Å². The number of rotatable bonds is 9. The number of carboxylic acids is 1. The van der Waals surface area contributed by atoms with Gasteiger partial charge in [0, 0.05) is 29.9 Å². The van der Waals surface area contributed by atoms with Gasteiger partial charge in [0.05, 0.1) is 0 Å². The Morgan fingerprint density at radius 2 is 1.96 bits per heavy atom. The highest BCUT2D eigenvalue weighted by atomic mass is 16.6. The number of fused-ring (bicyclic) bond motifs is 1. The van der Waals surface area contributed by atoms with Crippen LogP contribution in [0.3, 0.4) is 0 Å². The van der Waals surface area contributed by atoms with Crippen LogP contribution in [0.2, 0.25) is 0 Å². The van der Waals surface area contributed by atoms with E-state index in [2.05, 4.69) is 17.2 Å². The lowest BCUT2D eigenvalue weighted by Crippen LogP contribution is -2.32. The predicted molar refractivity (Wildman–Crippen MR) is 104 cm³/mol. The number of aliphatic hydroxyl groups excluding tert-OH is 1. The van der Waals surface area contributed by atoms with E-state index in [0.29, 0.717) is 18.7 Å². The lowest BCUT2D eigenvalue weighted by Gasteiger charge is -2.17. The highest BCUT2D eigenvalue weighted by Crippen LogP contribution is 2.18. The minimum absolute atomic E-state index is 0.195. The number of benzene rings is 2. The number of H-pyrrole nitrogens is 1. The Morgan fingerprint density at radius 3 is 2.70 bits per heavy atom. The average Bonchev–Trinajstić information content (AvgIpc) is 3.06. The van der Waals surface area contributed by atoms with Gasteiger partial charge in [0.15, 0.2) is 6.29 Å². The number of hydrogen-bond acceptors (Lipinski definition) is 4. The molecule has 0 radical (unpaired) electrons. The SMILES string of the molecule is CC(Cc1ccc2[nH]c(C(=O)O)cc2c1)NCCC(O)Oc1ccccc1. The highest BCUT2D eigenvalue weighted by molar-refractivity contribution is 5.93. The van der Waals surface area contributed by atoms with E-state index in [-0.39, 0.29) is 11.7 Å². The first-order chi connectivity index (χ1) is 13.0. The smallest absolute Gasteiger partial charge is 0.352 e. The van der Waals surface area contributed by atoms with E-state index in [9.17, 15) is 9.90 Å². The summed E-state index contributed by atoms with van der Waals surface area (Å²) in [6.45, 7) is 2.71. The third-order valence-corrected chi connectivity index (χ3v) is 4.36. The molecule has 0 spiro atoms. The Balaban J connectivity index is 1.46. The normalized spacial score (nSPS) is 13.4. The number of ether oxygens (including phenoxy) is 1. The second-order valence-corrected chi connectivity index (χ2v) is 6.64. The van der Waals surface area contributed by atoms with Crippen molar-refractivity contribution in [2.24, 2.45) is 0 Å². The average molecular weight is 368 g/mol. The molecule has 0 aliphatic rings. The molecule has 0 aliphatic heterocycles. The van der Waals surface area contributed by atoms with Crippen molar-refractivity contribution in [1.82, 2.24) is 10.3 Å². The van der Waals surface area contributed by atoms with E-state index >= 15 is 0 Å². The Bertz CT molecular complexity index is 892. The molecule has 1 aromatic heterocycles. The fourth-order valence-corrected chi connectivity index (χ4v) is 3.02. The summed E-state index contributed by atoms with van der Waals surface area (Å²) in [4.78, 5) is 13.9. The number of aromatic carboxylic acids is 1. The summed E-state index contributed by atoms with van der Waals surface area (Å²) >= 11 is 0. The van der Waals surface area contributed by atoms with Crippen LogP contribution in [0.25, 0.3) is 10.9 Å². The quantitative estimate of drug-likeness (QED) is 0.435. The third kappa shape index (κ3) is 5.32. The van der Waals surface area contributed by atoms with Crippen LogP contribution in [-0.2, 0) is 6.42 Å². The van der Waals surface area contributed by atoms with Crippen molar-refractivity contribution >= 4 is 16.9 Å². The van der Waals surface area contributed by atoms with Gasteiger partial charge in [-0.2, -0.15) is 0 Å². The summed E-state index contributed by atoms with van der Waals surface area (Å²) in [6.07, 6.45) is 0.440. The topological polar surface area (TPSA) is 94.6 Å². The van der Waals surface area contributed by atoms with Crippen LogP contribution in [0, 0.1) is 0 Å². The Hall–Kier alpha value is -2.83. The van der Waals surface area contributed by atoms with Gasteiger partial charge in [0.2, 0.25) is 0 Å². The van der Waals surface area contributed by atoms with Crippen molar-refractivity contribution in [3.63, 3.8) is 0 Å². The maximum atomic E-state index is 11.0. The Kier molecular flexibility index (Phi) is 6.11. The van der Waals surface area contributed by atoms with Crippen LogP contribution < -0.4 is 10.1 Å². The predicted octanol–water partition coefficient (Wildman–Crippen LogP) is 3.17. The van der Waals surface area contributed by atoms with Crippen LogP contribution in [0.4, 0.5) is 0 Å². The van der Waals surface area contributed by atoms with E-state index in [1.54, 1.807) is 6.07 Å². The van der Waals surface area contributed by atoms with Gasteiger partial charge in [-0.15, -0.1) is 0 Å². The molecule has 3 rings (SSSR count). The number of carboxylic acid groups (broad SMARTS) is 1. The van der Waals surface area contributed by atoms with Crippen molar-refractivity contribution < 1.29 is 19.7 Å². The zero-order valence-corrected chi connectivity index (χ0v) is 15.2. The molecule has 3 aromatic rings. The lowest BCUT2D eigenvalue weighted by atomic mass is 10.1. The maximum Gasteiger partial charge on any atom is 0.352 e. The molecule has 2 unspecified atom stereocenters. The minimum atomic E-state index is -0.959. The van der Waals surface area contributed by atoms with Gasteiger partial charge in [-0.05, 0) is 49.2 Å². The van der Waals surface area contributed by atoms with Crippen LogP contribution >= 0.6 is 0 Å². The van der Waals surface area contributed by atoms with E-state index < -0.39 is 12.3 Å². The molecule has 0 aliphatic carbocycles. The summed E-state index contributed by atoms with van der Waals surface area (Å²) < 4.78 is 5.45. The van der Waals surface area contributed by atoms with Crippen molar-refractivity contribution in [3.05, 3.63) is 65.9 Å². The molecule has 4 N–H and O–H groups in total. The minimum Gasteiger partial charge on any atom is -0.477 e.